The van der Waals surface area contributed by atoms with Crippen LogP contribution in [-0.4, -0.2) is 0 Å². The summed E-state index contributed by atoms with van der Waals surface area (Å²) in [4.78, 5) is 22.7. The van der Waals surface area contributed by atoms with Gasteiger partial charge in [-0.3, -0.25) is 9.59 Å². The molecule has 0 saturated carbocycles. The van der Waals surface area contributed by atoms with Crippen LogP contribution in [0.3, 0.4) is 0 Å². The van der Waals surface area contributed by atoms with E-state index in [1.165, 1.54) is 16.7 Å². The second-order valence-corrected chi connectivity index (χ2v) is 5.42. The molecule has 3 N–H and O–H groups in total. The topological polar surface area (TPSA) is 72.2 Å². The molecule has 0 spiro atoms. The van der Waals surface area contributed by atoms with Crippen molar-refractivity contribution >= 4 is 11.4 Å². The van der Waals surface area contributed by atoms with Gasteiger partial charge in [0.1, 0.15) is 11.4 Å². The summed E-state index contributed by atoms with van der Waals surface area (Å²) < 4.78 is 0. The van der Waals surface area contributed by atoms with Gasteiger partial charge < -0.3 is 11.1 Å². The van der Waals surface area contributed by atoms with Crippen LogP contribution in [0.25, 0.3) is 0 Å². The fourth-order valence-corrected chi connectivity index (χ4v) is 2.95. The van der Waals surface area contributed by atoms with Crippen LogP contribution in [0.4, 0.5) is 11.4 Å². The molecule has 1 unspecified atom stereocenters. The third-order valence-corrected chi connectivity index (χ3v) is 4.20. The number of benzene rings is 1. The van der Waals surface area contributed by atoms with E-state index in [1.54, 1.807) is 0 Å². The summed E-state index contributed by atoms with van der Waals surface area (Å²) in [6.07, 6.45) is 4.09. The predicted octanol–water partition coefficient (Wildman–Crippen LogP) is 1.92. The Hall–Kier alpha value is -2.10. The highest BCUT2D eigenvalue weighted by molar-refractivity contribution is 5.72. The minimum atomic E-state index is -0.564. The molecule has 1 aliphatic carbocycles. The van der Waals surface area contributed by atoms with E-state index in [9.17, 15) is 9.59 Å². The van der Waals surface area contributed by atoms with Crippen molar-refractivity contribution < 1.29 is 0 Å². The summed E-state index contributed by atoms with van der Waals surface area (Å²) in [5.41, 5.74) is 8.77. The van der Waals surface area contributed by atoms with Gasteiger partial charge in [0.2, 0.25) is 0 Å². The van der Waals surface area contributed by atoms with Gasteiger partial charge in [0.15, 0.2) is 0 Å². The van der Waals surface area contributed by atoms with Gasteiger partial charge >= 0.3 is 0 Å². The highest BCUT2D eigenvalue weighted by Gasteiger charge is 2.25. The molecule has 2 aromatic carbocycles. The van der Waals surface area contributed by atoms with Gasteiger partial charge in [-0.2, -0.15) is 0 Å². The van der Waals surface area contributed by atoms with Gasteiger partial charge in [0.05, 0.1) is 6.04 Å². The molecular weight excluding hydrogens is 252 g/mol. The molecule has 0 heterocycles. The fraction of sp³-hybridized carbons (Fsp3) is 0.375. The van der Waals surface area contributed by atoms with Crippen LogP contribution in [-0.2, 0) is 12.8 Å². The van der Waals surface area contributed by atoms with E-state index >= 15 is 0 Å². The van der Waals surface area contributed by atoms with Gasteiger partial charge in [0, 0.05) is 0 Å². The van der Waals surface area contributed by atoms with Gasteiger partial charge in [-0.15, -0.1) is 0 Å². The van der Waals surface area contributed by atoms with E-state index in [0.29, 0.717) is 5.69 Å². The molecule has 1 atom stereocenters. The van der Waals surface area contributed by atoms with Crippen molar-refractivity contribution in [2.75, 3.05) is 11.1 Å². The Morgan fingerprint density at radius 1 is 1.30 bits per heavy atom. The lowest BCUT2D eigenvalue weighted by molar-refractivity contribution is 0.599. The molecule has 4 nitrogen and oxygen atoms in total. The molecule has 104 valence electrons. The van der Waals surface area contributed by atoms with Crippen molar-refractivity contribution in [1.29, 1.82) is 0 Å². The quantitative estimate of drug-likeness (QED) is 0.836. The number of hydrogen-bond acceptors (Lipinski definition) is 4. The van der Waals surface area contributed by atoms with E-state index in [2.05, 4.69) is 30.4 Å². The van der Waals surface area contributed by atoms with Gasteiger partial charge in [-0.1, -0.05) is 25.1 Å². The third-order valence-electron chi connectivity index (χ3n) is 4.20. The number of nitrogens with two attached hydrogens (primary N) is 1. The number of rotatable bonds is 3. The second-order valence-electron chi connectivity index (χ2n) is 5.42. The zero-order valence-corrected chi connectivity index (χ0v) is 11.5. The normalized spacial score (nSPS) is 17.9. The SMILES string of the molecule is CCc1ccc2c(c1)C(Nc1c(N)c(=O)c1=O)CCC2. The van der Waals surface area contributed by atoms with E-state index in [0.717, 1.165) is 25.7 Å². The third kappa shape index (κ3) is 1.92. The van der Waals surface area contributed by atoms with E-state index < -0.39 is 10.9 Å². The number of hydrogen-bond donors (Lipinski definition) is 2. The Bertz CT molecular complexity index is 726. The van der Waals surface area contributed by atoms with Crippen LogP contribution in [0.15, 0.2) is 27.8 Å². The van der Waals surface area contributed by atoms with Crippen LogP contribution in [0, 0.1) is 0 Å². The van der Waals surface area contributed by atoms with Crippen molar-refractivity contribution in [3.8, 4) is 0 Å². The van der Waals surface area contributed by atoms with Gasteiger partial charge in [0.25, 0.3) is 10.9 Å². The fourth-order valence-electron chi connectivity index (χ4n) is 2.95. The van der Waals surface area contributed by atoms with E-state index in [4.69, 9.17) is 5.73 Å². The highest BCUT2D eigenvalue weighted by Crippen LogP contribution is 2.33. The molecule has 0 radical (unpaired) electrons. The Balaban J connectivity index is 1.94. The Morgan fingerprint density at radius 3 is 2.80 bits per heavy atom. The second kappa shape index (κ2) is 4.78. The summed E-state index contributed by atoms with van der Waals surface area (Å²) in [5, 5.41) is 3.18. The smallest absolute Gasteiger partial charge is 0.253 e. The largest absolute Gasteiger partial charge is 0.394 e. The molecule has 2 aromatic rings. The predicted molar refractivity (Wildman–Crippen MR) is 80.9 cm³/mol. The van der Waals surface area contributed by atoms with Crippen LogP contribution in [0.2, 0.25) is 0 Å². The Kier molecular flexibility index (Phi) is 3.08. The monoisotopic (exact) mass is 270 g/mol. The lowest BCUT2D eigenvalue weighted by Gasteiger charge is -2.28. The van der Waals surface area contributed by atoms with Crippen molar-refractivity contribution in [2.45, 2.75) is 38.6 Å². The van der Waals surface area contributed by atoms with E-state index in [1.807, 2.05) is 0 Å². The first-order valence-corrected chi connectivity index (χ1v) is 7.08. The maximum absolute atomic E-state index is 11.5. The van der Waals surface area contributed by atoms with Crippen LogP contribution < -0.4 is 21.9 Å². The number of fused-ring (bicyclic) bond motifs is 1. The first-order valence-electron chi connectivity index (χ1n) is 7.08. The molecule has 0 amide bonds. The molecule has 4 heteroatoms. The standard InChI is InChI=1S/C16H18N2O2/c1-2-9-6-7-10-4-3-5-12(11(10)8-9)18-14-13(17)15(19)16(14)20/h6-8,12,18H,2-5,17H2,1H3. The lowest BCUT2D eigenvalue weighted by Crippen LogP contribution is -2.38. The zero-order valence-electron chi connectivity index (χ0n) is 11.5. The van der Waals surface area contributed by atoms with Crippen LogP contribution >= 0.6 is 0 Å². The molecule has 0 fully saturated rings. The summed E-state index contributed by atoms with van der Waals surface area (Å²) in [5.74, 6) is 0. The van der Waals surface area contributed by atoms with Crippen molar-refractivity contribution in [3.05, 3.63) is 55.3 Å². The molecule has 1 aliphatic rings. The minimum Gasteiger partial charge on any atom is -0.394 e. The molecule has 0 aromatic heterocycles. The summed E-state index contributed by atoms with van der Waals surface area (Å²) in [7, 11) is 0. The van der Waals surface area contributed by atoms with Gasteiger partial charge in [-0.25, -0.2) is 0 Å². The molecule has 20 heavy (non-hydrogen) atoms. The first kappa shape index (κ1) is 12.9. The van der Waals surface area contributed by atoms with Crippen molar-refractivity contribution in [1.82, 2.24) is 0 Å². The molecule has 0 saturated heterocycles. The zero-order chi connectivity index (χ0) is 14.3. The summed E-state index contributed by atoms with van der Waals surface area (Å²) in [6, 6.07) is 6.62. The van der Waals surface area contributed by atoms with Crippen molar-refractivity contribution in [3.63, 3.8) is 0 Å². The van der Waals surface area contributed by atoms with Crippen LogP contribution in [0.5, 0.6) is 0 Å². The first-order chi connectivity index (χ1) is 9.61. The number of nitrogens with one attached hydrogen (secondary N) is 1. The molecule has 0 bridgehead atoms. The van der Waals surface area contributed by atoms with Crippen molar-refractivity contribution in [2.24, 2.45) is 0 Å². The maximum atomic E-state index is 11.5. The number of aryl methyl sites for hydroxylation is 2. The highest BCUT2D eigenvalue weighted by atomic mass is 16.2. The number of nitrogen functional groups attached to an aromatic ring is 1. The van der Waals surface area contributed by atoms with Gasteiger partial charge in [-0.05, 0) is 42.4 Å². The summed E-state index contributed by atoms with van der Waals surface area (Å²) in [6.45, 7) is 2.13. The summed E-state index contributed by atoms with van der Waals surface area (Å²) >= 11 is 0. The Morgan fingerprint density at radius 2 is 2.10 bits per heavy atom. The average Bonchev–Trinajstić information content (AvgIpc) is 2.51. The number of anilines is 2. The maximum Gasteiger partial charge on any atom is 0.253 e. The lowest BCUT2D eigenvalue weighted by atomic mass is 9.86. The minimum absolute atomic E-state index is 0.0776. The van der Waals surface area contributed by atoms with Crippen LogP contribution in [0.1, 0.15) is 42.5 Å². The average molecular weight is 270 g/mol. The molecular formula is C16H18N2O2. The molecule has 0 aliphatic heterocycles. The van der Waals surface area contributed by atoms with E-state index in [-0.39, 0.29) is 11.7 Å². The Labute approximate surface area is 117 Å². The molecule has 3 rings (SSSR count).